The Morgan fingerprint density at radius 3 is 2.51 bits per heavy atom. The maximum Gasteiger partial charge on any atom is 0.255 e. The number of carbonyl (C=O) groups is 1. The van der Waals surface area contributed by atoms with Gasteiger partial charge in [-0.3, -0.25) is 4.79 Å². The molecule has 0 saturated carbocycles. The molecule has 1 aliphatic heterocycles. The fourth-order valence-corrected chi connectivity index (χ4v) is 4.73. The van der Waals surface area contributed by atoms with E-state index in [0.29, 0.717) is 52.6 Å². The summed E-state index contributed by atoms with van der Waals surface area (Å²) in [7, 11) is 3.17. The van der Waals surface area contributed by atoms with Crippen LogP contribution in [0.15, 0.2) is 78.0 Å². The molecular weight excluding hydrogens is 494 g/mol. The van der Waals surface area contributed by atoms with E-state index in [9.17, 15) is 4.79 Å². The zero-order valence-electron chi connectivity index (χ0n) is 22.6. The lowest BCUT2D eigenvalue weighted by Gasteiger charge is -2.29. The van der Waals surface area contributed by atoms with Crippen molar-refractivity contribution in [2.45, 2.75) is 26.8 Å². The minimum absolute atomic E-state index is 0.291. The summed E-state index contributed by atoms with van der Waals surface area (Å²) in [5.41, 5.74) is 4.50. The second-order valence-electron chi connectivity index (χ2n) is 9.14. The van der Waals surface area contributed by atoms with E-state index in [1.807, 2.05) is 75.4 Å². The van der Waals surface area contributed by atoms with Gasteiger partial charge in [0.15, 0.2) is 17.3 Å². The number of anilines is 2. The van der Waals surface area contributed by atoms with Crippen LogP contribution >= 0.6 is 0 Å². The van der Waals surface area contributed by atoms with Gasteiger partial charge in [-0.2, -0.15) is 4.98 Å². The van der Waals surface area contributed by atoms with E-state index in [-0.39, 0.29) is 5.91 Å². The first kappa shape index (κ1) is 25.8. The number of rotatable bonds is 8. The molecule has 5 rings (SSSR count). The van der Waals surface area contributed by atoms with Crippen LogP contribution in [-0.4, -0.2) is 41.5 Å². The molecule has 1 aliphatic rings. The number of aryl methyl sites for hydroxylation is 1. The van der Waals surface area contributed by atoms with E-state index >= 15 is 0 Å². The summed E-state index contributed by atoms with van der Waals surface area (Å²) in [5.74, 6) is 2.56. The Morgan fingerprint density at radius 2 is 1.77 bits per heavy atom. The van der Waals surface area contributed by atoms with Gasteiger partial charge in [0.2, 0.25) is 5.95 Å². The average Bonchev–Trinajstić information content (AvgIpc) is 3.36. The standard InChI is InChI=1S/C30H31N5O4/c1-6-39-24-15-14-20(17-25(24)38-5)27-26(29(36)32-22-12-7-8-13-23(22)37-4)19(3)31-30-33-28(34-35(27)30)21-11-9-10-18(2)16-21/h7-17,27H,6H2,1-5H3,(H,32,36)(H,31,33,34). The number of carbonyl (C=O) groups excluding carboxylic acids is 1. The zero-order chi connectivity index (χ0) is 27.5. The van der Waals surface area contributed by atoms with Gasteiger partial charge in [0, 0.05) is 11.3 Å². The first-order chi connectivity index (χ1) is 18.9. The lowest BCUT2D eigenvalue weighted by atomic mass is 9.94. The lowest BCUT2D eigenvalue weighted by molar-refractivity contribution is -0.113. The summed E-state index contributed by atoms with van der Waals surface area (Å²) >= 11 is 0. The third kappa shape index (κ3) is 5.03. The Hall–Kier alpha value is -4.79. The zero-order valence-corrected chi connectivity index (χ0v) is 22.6. The number of para-hydroxylation sites is 2. The first-order valence-electron chi connectivity index (χ1n) is 12.7. The number of ether oxygens (including phenoxy) is 3. The summed E-state index contributed by atoms with van der Waals surface area (Å²) in [5, 5.41) is 11.2. The molecule has 0 fully saturated rings. The third-order valence-electron chi connectivity index (χ3n) is 6.53. The van der Waals surface area contributed by atoms with E-state index in [2.05, 4.69) is 10.6 Å². The molecule has 39 heavy (non-hydrogen) atoms. The quantitative estimate of drug-likeness (QED) is 0.309. The van der Waals surface area contributed by atoms with E-state index in [1.54, 1.807) is 31.0 Å². The number of hydrogen-bond donors (Lipinski definition) is 2. The fourth-order valence-electron chi connectivity index (χ4n) is 4.73. The number of allylic oxidation sites excluding steroid dienone is 1. The SMILES string of the molecule is CCOc1ccc(C2C(C(=O)Nc3ccccc3OC)=C(C)Nc3nc(-c4cccc(C)c4)nn32)cc1OC. The van der Waals surface area contributed by atoms with Gasteiger partial charge in [-0.25, -0.2) is 4.68 Å². The van der Waals surface area contributed by atoms with E-state index in [0.717, 1.165) is 16.7 Å². The topological polar surface area (TPSA) is 99.5 Å². The summed E-state index contributed by atoms with van der Waals surface area (Å²) in [6.45, 7) is 6.31. The number of nitrogens with zero attached hydrogens (tertiary/aromatic N) is 3. The monoisotopic (exact) mass is 525 g/mol. The molecule has 1 unspecified atom stereocenters. The van der Waals surface area contributed by atoms with Crippen LogP contribution in [0, 0.1) is 6.92 Å². The van der Waals surface area contributed by atoms with Crippen molar-refractivity contribution in [3.8, 4) is 28.6 Å². The predicted molar refractivity (Wildman–Crippen MR) is 150 cm³/mol. The van der Waals surface area contributed by atoms with Gasteiger partial charge in [0.1, 0.15) is 11.8 Å². The molecule has 1 amide bonds. The number of benzene rings is 3. The molecule has 200 valence electrons. The molecular formula is C30H31N5O4. The van der Waals surface area contributed by atoms with Crippen LogP contribution in [0.1, 0.15) is 31.0 Å². The van der Waals surface area contributed by atoms with Crippen LogP contribution in [0.4, 0.5) is 11.6 Å². The highest BCUT2D eigenvalue weighted by atomic mass is 16.5. The highest BCUT2D eigenvalue weighted by Gasteiger charge is 2.35. The molecule has 0 spiro atoms. The molecule has 9 nitrogen and oxygen atoms in total. The van der Waals surface area contributed by atoms with Crippen LogP contribution in [0.25, 0.3) is 11.4 Å². The van der Waals surface area contributed by atoms with Crippen molar-refractivity contribution >= 4 is 17.5 Å². The second kappa shape index (κ2) is 10.9. The van der Waals surface area contributed by atoms with Crippen molar-refractivity contribution in [3.05, 3.63) is 89.1 Å². The Morgan fingerprint density at radius 1 is 0.974 bits per heavy atom. The van der Waals surface area contributed by atoms with Gasteiger partial charge in [-0.1, -0.05) is 42.0 Å². The Kier molecular flexibility index (Phi) is 7.23. The van der Waals surface area contributed by atoms with Crippen LogP contribution in [0.5, 0.6) is 17.2 Å². The molecule has 2 heterocycles. The van der Waals surface area contributed by atoms with Gasteiger partial charge >= 0.3 is 0 Å². The van der Waals surface area contributed by atoms with Gasteiger partial charge in [-0.15, -0.1) is 5.10 Å². The first-order valence-corrected chi connectivity index (χ1v) is 12.7. The van der Waals surface area contributed by atoms with Gasteiger partial charge in [0.05, 0.1) is 32.1 Å². The fraction of sp³-hybridized carbons (Fsp3) is 0.233. The second-order valence-corrected chi connectivity index (χ2v) is 9.14. The number of aromatic nitrogens is 3. The third-order valence-corrected chi connectivity index (χ3v) is 6.53. The molecule has 1 aromatic heterocycles. The normalized spacial score (nSPS) is 14.3. The highest BCUT2D eigenvalue weighted by Crippen LogP contribution is 2.40. The molecule has 0 saturated heterocycles. The Labute approximate surface area is 227 Å². The van der Waals surface area contributed by atoms with Crippen molar-refractivity contribution < 1.29 is 19.0 Å². The van der Waals surface area contributed by atoms with Crippen molar-refractivity contribution in [2.75, 3.05) is 31.5 Å². The molecule has 9 heteroatoms. The molecule has 0 bridgehead atoms. The number of fused-ring (bicyclic) bond motifs is 1. The van der Waals surface area contributed by atoms with Crippen LogP contribution < -0.4 is 24.8 Å². The van der Waals surface area contributed by atoms with Crippen molar-refractivity contribution in [1.82, 2.24) is 14.8 Å². The van der Waals surface area contributed by atoms with Gasteiger partial charge < -0.3 is 24.8 Å². The minimum Gasteiger partial charge on any atom is -0.495 e. The largest absolute Gasteiger partial charge is 0.495 e. The smallest absolute Gasteiger partial charge is 0.255 e. The average molecular weight is 526 g/mol. The summed E-state index contributed by atoms with van der Waals surface area (Å²) in [6, 6.07) is 20.4. The Bertz CT molecular complexity index is 1560. The predicted octanol–water partition coefficient (Wildman–Crippen LogP) is 5.60. The molecule has 1 atom stereocenters. The molecule has 0 aliphatic carbocycles. The van der Waals surface area contributed by atoms with Crippen LogP contribution in [0.2, 0.25) is 0 Å². The molecule has 3 aromatic carbocycles. The summed E-state index contributed by atoms with van der Waals surface area (Å²) in [6.07, 6.45) is 0. The maximum atomic E-state index is 13.9. The number of nitrogens with one attached hydrogen (secondary N) is 2. The van der Waals surface area contributed by atoms with Gasteiger partial charge in [-0.05, 0) is 56.7 Å². The van der Waals surface area contributed by atoms with Gasteiger partial charge in [0.25, 0.3) is 5.91 Å². The number of methoxy groups -OCH3 is 2. The number of amides is 1. The van der Waals surface area contributed by atoms with E-state index < -0.39 is 6.04 Å². The summed E-state index contributed by atoms with van der Waals surface area (Å²) < 4.78 is 18.6. The molecule has 4 aromatic rings. The van der Waals surface area contributed by atoms with Crippen LogP contribution in [0.3, 0.4) is 0 Å². The molecule has 2 N–H and O–H groups in total. The van der Waals surface area contributed by atoms with Crippen molar-refractivity contribution in [3.63, 3.8) is 0 Å². The lowest BCUT2D eigenvalue weighted by Crippen LogP contribution is -2.31. The summed E-state index contributed by atoms with van der Waals surface area (Å²) in [4.78, 5) is 18.7. The molecule has 0 radical (unpaired) electrons. The highest BCUT2D eigenvalue weighted by molar-refractivity contribution is 6.06. The van der Waals surface area contributed by atoms with E-state index in [4.69, 9.17) is 24.3 Å². The van der Waals surface area contributed by atoms with E-state index in [1.165, 1.54) is 0 Å². The minimum atomic E-state index is -0.591. The Balaban J connectivity index is 1.63. The van der Waals surface area contributed by atoms with Crippen LogP contribution in [-0.2, 0) is 4.79 Å². The van der Waals surface area contributed by atoms with Crippen molar-refractivity contribution in [1.29, 1.82) is 0 Å². The maximum absolute atomic E-state index is 13.9. The number of hydrogen-bond acceptors (Lipinski definition) is 7. The van der Waals surface area contributed by atoms with Crippen molar-refractivity contribution in [2.24, 2.45) is 0 Å².